The molecule has 1 N–H and O–H groups in total. The maximum Gasteiger partial charge on any atom is 0.338 e. The van der Waals surface area contributed by atoms with Gasteiger partial charge < -0.3 is 24.3 Å². The second-order valence-corrected chi connectivity index (χ2v) is 8.11. The van der Waals surface area contributed by atoms with Gasteiger partial charge in [-0.1, -0.05) is 24.3 Å². The van der Waals surface area contributed by atoms with E-state index in [-0.39, 0.29) is 6.61 Å². The van der Waals surface area contributed by atoms with Gasteiger partial charge >= 0.3 is 5.97 Å². The van der Waals surface area contributed by atoms with Gasteiger partial charge in [0.15, 0.2) is 16.6 Å². The highest BCUT2D eigenvalue weighted by molar-refractivity contribution is 7.80. The van der Waals surface area contributed by atoms with E-state index in [1.54, 1.807) is 27.4 Å². The van der Waals surface area contributed by atoms with E-state index < -0.39 is 12.0 Å². The fourth-order valence-corrected chi connectivity index (χ4v) is 4.28. The standard InChI is InChI=1S/C25H30N2O5S/c1-15-10-11-16(2)19(14-15)27-17(3)21(24(28)32-13-12-29-4)22(26-25(27)33)18-8-7-9-20(30-5)23(18)31-6/h7-11,14,22H,12-13H2,1-6H3,(H,26,33). The van der Waals surface area contributed by atoms with Crippen LogP contribution in [0, 0.1) is 13.8 Å². The first-order valence-electron chi connectivity index (χ1n) is 10.6. The molecule has 1 atom stereocenters. The van der Waals surface area contributed by atoms with Crippen LogP contribution < -0.4 is 19.7 Å². The molecule has 0 radical (unpaired) electrons. The number of esters is 1. The predicted octanol–water partition coefficient (Wildman–Crippen LogP) is 4.22. The quantitative estimate of drug-likeness (QED) is 0.349. The number of nitrogens with zero attached hydrogens (tertiary/aromatic N) is 1. The number of rotatable bonds is 8. The van der Waals surface area contributed by atoms with Crippen molar-refractivity contribution in [1.82, 2.24) is 5.32 Å². The first-order chi connectivity index (χ1) is 15.8. The van der Waals surface area contributed by atoms with Crippen LogP contribution in [-0.4, -0.2) is 45.6 Å². The summed E-state index contributed by atoms with van der Waals surface area (Å²) in [7, 11) is 4.70. The molecule has 1 unspecified atom stereocenters. The number of para-hydroxylation sites is 1. The molecule has 0 amide bonds. The van der Waals surface area contributed by atoms with Crippen molar-refractivity contribution in [3.05, 3.63) is 64.4 Å². The van der Waals surface area contributed by atoms with Crippen molar-refractivity contribution in [1.29, 1.82) is 0 Å². The molecule has 33 heavy (non-hydrogen) atoms. The molecule has 7 nitrogen and oxygen atoms in total. The molecule has 1 aliphatic heterocycles. The second kappa shape index (κ2) is 10.7. The summed E-state index contributed by atoms with van der Waals surface area (Å²) < 4.78 is 21.7. The summed E-state index contributed by atoms with van der Waals surface area (Å²) in [5, 5.41) is 3.81. The van der Waals surface area contributed by atoms with Gasteiger partial charge in [0.05, 0.1) is 38.1 Å². The maximum atomic E-state index is 13.3. The smallest absolute Gasteiger partial charge is 0.338 e. The molecule has 1 aliphatic rings. The molecule has 0 fully saturated rings. The predicted molar refractivity (Wildman–Crippen MR) is 132 cm³/mol. The molecule has 8 heteroatoms. The third-order valence-corrected chi connectivity index (χ3v) is 5.88. The van der Waals surface area contributed by atoms with Gasteiger partial charge in [-0.3, -0.25) is 4.90 Å². The summed E-state index contributed by atoms with van der Waals surface area (Å²) in [6.07, 6.45) is 0. The minimum absolute atomic E-state index is 0.141. The summed E-state index contributed by atoms with van der Waals surface area (Å²) in [6, 6.07) is 11.1. The van der Waals surface area contributed by atoms with E-state index >= 15 is 0 Å². The van der Waals surface area contributed by atoms with E-state index in [1.165, 1.54) is 0 Å². The van der Waals surface area contributed by atoms with Gasteiger partial charge in [-0.15, -0.1) is 0 Å². The van der Waals surface area contributed by atoms with Crippen LogP contribution in [0.25, 0.3) is 0 Å². The van der Waals surface area contributed by atoms with Gasteiger partial charge in [0.1, 0.15) is 6.61 Å². The third-order valence-electron chi connectivity index (χ3n) is 5.58. The summed E-state index contributed by atoms with van der Waals surface area (Å²) in [4.78, 5) is 15.2. The van der Waals surface area contributed by atoms with Crippen LogP contribution in [0.15, 0.2) is 47.7 Å². The topological polar surface area (TPSA) is 69.3 Å². The number of benzene rings is 2. The molecule has 0 bridgehead atoms. The molecule has 2 aromatic carbocycles. The Bertz CT molecular complexity index is 1080. The van der Waals surface area contributed by atoms with E-state index in [0.29, 0.717) is 34.5 Å². The normalized spacial score (nSPS) is 15.9. The number of hydrogen-bond acceptors (Lipinski definition) is 6. The fraction of sp³-hybridized carbons (Fsp3) is 0.360. The average Bonchev–Trinajstić information content (AvgIpc) is 2.80. The highest BCUT2D eigenvalue weighted by Crippen LogP contribution is 2.41. The lowest BCUT2D eigenvalue weighted by Gasteiger charge is -2.38. The zero-order chi connectivity index (χ0) is 24.1. The minimum atomic E-state index is -0.584. The molecule has 0 aromatic heterocycles. The van der Waals surface area contributed by atoms with Crippen LogP contribution in [-0.2, 0) is 14.3 Å². The molecular weight excluding hydrogens is 440 g/mol. The van der Waals surface area contributed by atoms with Crippen LogP contribution in [0.3, 0.4) is 0 Å². The Hall–Kier alpha value is -3.10. The van der Waals surface area contributed by atoms with Gasteiger partial charge in [0.25, 0.3) is 0 Å². The number of methoxy groups -OCH3 is 3. The summed E-state index contributed by atoms with van der Waals surface area (Å²) in [5.74, 6) is 0.629. The van der Waals surface area contributed by atoms with Crippen LogP contribution in [0.4, 0.5) is 5.69 Å². The summed E-state index contributed by atoms with van der Waals surface area (Å²) >= 11 is 5.79. The van der Waals surface area contributed by atoms with Crippen LogP contribution in [0.1, 0.15) is 29.7 Å². The van der Waals surface area contributed by atoms with E-state index in [4.69, 9.17) is 31.2 Å². The van der Waals surface area contributed by atoms with Crippen molar-refractivity contribution in [3.8, 4) is 11.5 Å². The van der Waals surface area contributed by atoms with Crippen LogP contribution in [0.5, 0.6) is 11.5 Å². The molecule has 0 spiro atoms. The maximum absolute atomic E-state index is 13.3. The van der Waals surface area contributed by atoms with Crippen molar-refractivity contribution in [2.75, 3.05) is 39.4 Å². The molecule has 0 aliphatic carbocycles. The Balaban J connectivity index is 2.19. The molecule has 2 aromatic rings. The largest absolute Gasteiger partial charge is 0.493 e. The monoisotopic (exact) mass is 470 g/mol. The van der Waals surface area contributed by atoms with Gasteiger partial charge in [0.2, 0.25) is 0 Å². The average molecular weight is 471 g/mol. The highest BCUT2D eigenvalue weighted by atomic mass is 32.1. The number of carbonyl (C=O) groups is 1. The number of thiocarbonyl (C=S) groups is 1. The molecule has 0 saturated heterocycles. The minimum Gasteiger partial charge on any atom is -0.493 e. The molecule has 0 saturated carbocycles. The lowest BCUT2D eigenvalue weighted by atomic mass is 9.93. The van der Waals surface area contributed by atoms with E-state index in [0.717, 1.165) is 22.4 Å². The number of hydrogen-bond donors (Lipinski definition) is 1. The van der Waals surface area contributed by atoms with Crippen molar-refractivity contribution >= 4 is 29.0 Å². The Kier molecular flexibility index (Phi) is 7.94. The zero-order valence-corrected chi connectivity index (χ0v) is 20.7. The number of anilines is 1. The van der Waals surface area contributed by atoms with Gasteiger partial charge in [0, 0.05) is 18.4 Å². The summed E-state index contributed by atoms with van der Waals surface area (Å²) in [6.45, 7) is 6.35. The summed E-state index contributed by atoms with van der Waals surface area (Å²) in [5.41, 5.74) is 4.87. The Morgan fingerprint density at radius 3 is 2.48 bits per heavy atom. The lowest BCUT2D eigenvalue weighted by Crippen LogP contribution is -2.48. The van der Waals surface area contributed by atoms with Gasteiger partial charge in [-0.2, -0.15) is 0 Å². The van der Waals surface area contributed by atoms with E-state index in [1.807, 2.05) is 56.0 Å². The SMILES string of the molecule is COCCOC(=O)C1=C(C)N(c2cc(C)ccc2C)C(=S)NC1c1cccc(OC)c1OC. The zero-order valence-electron chi connectivity index (χ0n) is 19.9. The number of nitrogens with one attached hydrogen (secondary N) is 1. The van der Waals surface area contributed by atoms with E-state index in [2.05, 4.69) is 5.32 Å². The van der Waals surface area contributed by atoms with Crippen molar-refractivity contribution in [3.63, 3.8) is 0 Å². The van der Waals surface area contributed by atoms with Crippen LogP contribution in [0.2, 0.25) is 0 Å². The van der Waals surface area contributed by atoms with Gasteiger partial charge in [-0.05, 0) is 56.2 Å². The Morgan fingerprint density at radius 2 is 1.82 bits per heavy atom. The van der Waals surface area contributed by atoms with Crippen molar-refractivity contribution in [2.45, 2.75) is 26.8 Å². The first-order valence-corrected chi connectivity index (χ1v) is 11.0. The van der Waals surface area contributed by atoms with Crippen molar-refractivity contribution in [2.24, 2.45) is 0 Å². The number of carbonyl (C=O) groups excluding carboxylic acids is 1. The first kappa shape index (κ1) is 24.5. The van der Waals surface area contributed by atoms with Crippen LogP contribution >= 0.6 is 12.2 Å². The van der Waals surface area contributed by atoms with E-state index in [9.17, 15) is 4.79 Å². The van der Waals surface area contributed by atoms with Crippen molar-refractivity contribution < 1.29 is 23.7 Å². The fourth-order valence-electron chi connectivity index (χ4n) is 3.93. The Morgan fingerprint density at radius 1 is 1.06 bits per heavy atom. The molecule has 176 valence electrons. The number of ether oxygens (including phenoxy) is 4. The molecule has 3 rings (SSSR count). The second-order valence-electron chi connectivity index (χ2n) is 7.72. The molecule has 1 heterocycles. The molecular formula is C25H30N2O5S. The Labute approximate surface area is 200 Å². The lowest BCUT2D eigenvalue weighted by molar-refractivity contribution is -0.140. The number of aryl methyl sites for hydroxylation is 2. The van der Waals surface area contributed by atoms with Gasteiger partial charge in [-0.25, -0.2) is 4.79 Å². The highest BCUT2D eigenvalue weighted by Gasteiger charge is 2.37. The third kappa shape index (κ3) is 4.96. The number of allylic oxidation sites excluding steroid dienone is 1.